The molecule has 0 N–H and O–H groups in total. The fourth-order valence-electron chi connectivity index (χ4n) is 3.19. The Kier molecular flexibility index (Phi) is 6.42. The van der Waals surface area contributed by atoms with Crippen molar-refractivity contribution >= 4 is 0 Å². The SMILES string of the molecule is C#C/C=C\C=C/Cc1nc(-c2ccccc2)nc(-c2cccc(-c3ccccc3)c2)n1. The first-order valence-electron chi connectivity index (χ1n) is 10.1. The molecule has 0 fully saturated rings. The summed E-state index contributed by atoms with van der Waals surface area (Å²) in [5.41, 5.74) is 4.20. The lowest BCUT2D eigenvalue weighted by Gasteiger charge is -2.08. The van der Waals surface area contributed by atoms with Crippen LogP contribution in [0.1, 0.15) is 5.82 Å². The second-order valence-electron chi connectivity index (χ2n) is 6.87. The molecule has 3 heteroatoms. The average Bonchev–Trinajstić information content (AvgIpc) is 2.85. The van der Waals surface area contributed by atoms with Gasteiger partial charge in [-0.2, -0.15) is 0 Å². The Balaban J connectivity index is 1.74. The summed E-state index contributed by atoms with van der Waals surface area (Å²) in [4.78, 5) is 14.2. The van der Waals surface area contributed by atoms with Gasteiger partial charge < -0.3 is 0 Å². The van der Waals surface area contributed by atoms with Gasteiger partial charge in [0.2, 0.25) is 0 Å². The molecule has 0 saturated carbocycles. The maximum atomic E-state index is 5.24. The molecule has 0 aliphatic rings. The third-order valence-corrected chi connectivity index (χ3v) is 4.68. The molecule has 1 heterocycles. The van der Waals surface area contributed by atoms with E-state index in [9.17, 15) is 0 Å². The standard InChI is InChI=1S/C28H21N3/c1-2-3-4-5-12-20-26-29-27(23-16-10-7-11-17-23)31-28(30-26)25-19-13-18-24(21-25)22-14-8-6-9-15-22/h1,3-19,21H,20H2/b4-3-,12-5-. The highest BCUT2D eigenvalue weighted by atomic mass is 15.0. The highest BCUT2D eigenvalue weighted by Gasteiger charge is 2.10. The van der Waals surface area contributed by atoms with Crippen LogP contribution in [-0.2, 0) is 6.42 Å². The van der Waals surface area contributed by atoms with E-state index in [1.54, 1.807) is 6.08 Å². The molecule has 0 spiro atoms. The number of aromatic nitrogens is 3. The minimum absolute atomic E-state index is 0.586. The summed E-state index contributed by atoms with van der Waals surface area (Å²) in [7, 11) is 0. The lowest BCUT2D eigenvalue weighted by atomic mass is 10.0. The van der Waals surface area contributed by atoms with E-state index in [1.807, 2.05) is 78.9 Å². The monoisotopic (exact) mass is 399 g/mol. The molecule has 4 rings (SSSR count). The van der Waals surface area contributed by atoms with Crippen molar-refractivity contribution in [1.82, 2.24) is 15.0 Å². The normalized spacial score (nSPS) is 11.1. The predicted molar refractivity (Wildman–Crippen MR) is 127 cm³/mol. The minimum atomic E-state index is 0.586. The van der Waals surface area contributed by atoms with Crippen molar-refractivity contribution in [3.8, 4) is 46.2 Å². The molecule has 0 radical (unpaired) electrons. The van der Waals surface area contributed by atoms with Crippen molar-refractivity contribution in [3.05, 3.63) is 115 Å². The zero-order valence-corrected chi connectivity index (χ0v) is 17.0. The van der Waals surface area contributed by atoms with Gasteiger partial charge in [-0.05, 0) is 23.3 Å². The van der Waals surface area contributed by atoms with Crippen molar-refractivity contribution in [2.24, 2.45) is 0 Å². The summed E-state index contributed by atoms with van der Waals surface area (Å²) in [6, 6.07) is 28.6. The summed E-state index contributed by atoms with van der Waals surface area (Å²) < 4.78 is 0. The summed E-state index contributed by atoms with van der Waals surface area (Å²) in [5, 5.41) is 0. The molecule has 0 bridgehead atoms. The van der Waals surface area contributed by atoms with Crippen LogP contribution in [0.5, 0.6) is 0 Å². The molecule has 0 amide bonds. The molecule has 0 saturated heterocycles. The highest BCUT2D eigenvalue weighted by molar-refractivity contribution is 5.70. The molecule has 0 aliphatic heterocycles. The molecule has 4 aromatic rings. The minimum Gasteiger partial charge on any atom is -0.213 e. The molecule has 3 aromatic carbocycles. The van der Waals surface area contributed by atoms with Gasteiger partial charge in [-0.3, -0.25) is 0 Å². The number of rotatable bonds is 6. The number of allylic oxidation sites excluding steroid dienone is 4. The van der Waals surface area contributed by atoms with Crippen molar-refractivity contribution in [2.45, 2.75) is 6.42 Å². The fourth-order valence-corrected chi connectivity index (χ4v) is 3.19. The first-order chi connectivity index (χ1) is 15.3. The molecule has 0 unspecified atom stereocenters. The quantitative estimate of drug-likeness (QED) is 0.288. The van der Waals surface area contributed by atoms with Gasteiger partial charge in [-0.1, -0.05) is 103 Å². The second-order valence-corrected chi connectivity index (χ2v) is 6.87. The fraction of sp³-hybridized carbons (Fsp3) is 0.0357. The molecule has 3 nitrogen and oxygen atoms in total. The Morgan fingerprint density at radius 3 is 1.97 bits per heavy atom. The van der Waals surface area contributed by atoms with Crippen molar-refractivity contribution in [3.63, 3.8) is 0 Å². The maximum Gasteiger partial charge on any atom is 0.163 e. The number of hydrogen-bond acceptors (Lipinski definition) is 3. The molecular formula is C28H21N3. The van der Waals surface area contributed by atoms with Gasteiger partial charge in [0.15, 0.2) is 11.6 Å². The third-order valence-electron chi connectivity index (χ3n) is 4.68. The van der Waals surface area contributed by atoms with Gasteiger partial charge >= 0.3 is 0 Å². The molecule has 0 atom stereocenters. The van der Waals surface area contributed by atoms with Crippen molar-refractivity contribution < 1.29 is 0 Å². The van der Waals surface area contributed by atoms with Crippen molar-refractivity contribution in [2.75, 3.05) is 0 Å². The third kappa shape index (κ3) is 5.20. The summed E-state index contributed by atoms with van der Waals surface area (Å²) in [6.45, 7) is 0. The average molecular weight is 399 g/mol. The van der Waals surface area contributed by atoms with Gasteiger partial charge in [0.1, 0.15) is 5.82 Å². The van der Waals surface area contributed by atoms with Gasteiger partial charge in [0.25, 0.3) is 0 Å². The molecular weight excluding hydrogens is 378 g/mol. The summed E-state index contributed by atoms with van der Waals surface area (Å²) in [5.74, 6) is 4.51. The van der Waals surface area contributed by atoms with E-state index >= 15 is 0 Å². The molecule has 0 aliphatic carbocycles. The van der Waals surface area contributed by atoms with Crippen LogP contribution in [0, 0.1) is 12.3 Å². The number of terminal acetylenes is 1. The second kappa shape index (κ2) is 9.96. The van der Waals surface area contributed by atoms with E-state index in [1.165, 1.54) is 0 Å². The van der Waals surface area contributed by atoms with Crippen LogP contribution in [0.2, 0.25) is 0 Å². The molecule has 1 aromatic heterocycles. The largest absolute Gasteiger partial charge is 0.213 e. The zero-order valence-electron chi connectivity index (χ0n) is 17.0. The van der Waals surface area contributed by atoms with Crippen LogP contribution >= 0.6 is 0 Å². The first kappa shape index (κ1) is 20.0. The smallest absolute Gasteiger partial charge is 0.163 e. The Bertz CT molecular complexity index is 1250. The van der Waals surface area contributed by atoms with E-state index in [0.717, 1.165) is 22.3 Å². The molecule has 31 heavy (non-hydrogen) atoms. The Morgan fingerprint density at radius 1 is 0.645 bits per heavy atom. The van der Waals surface area contributed by atoms with E-state index in [2.05, 4.69) is 35.2 Å². The van der Waals surface area contributed by atoms with Gasteiger partial charge in [-0.25, -0.2) is 15.0 Å². The van der Waals surface area contributed by atoms with Crippen molar-refractivity contribution in [1.29, 1.82) is 0 Å². The maximum absolute atomic E-state index is 5.24. The van der Waals surface area contributed by atoms with Crippen LogP contribution < -0.4 is 0 Å². The van der Waals surface area contributed by atoms with Gasteiger partial charge in [0.05, 0.1) is 0 Å². The number of benzene rings is 3. The number of hydrogen-bond donors (Lipinski definition) is 0. The molecule has 148 valence electrons. The lowest BCUT2D eigenvalue weighted by Crippen LogP contribution is -2.02. The van der Waals surface area contributed by atoms with E-state index < -0.39 is 0 Å². The van der Waals surface area contributed by atoms with Gasteiger partial charge in [-0.15, -0.1) is 6.42 Å². The van der Waals surface area contributed by atoms with Crippen LogP contribution in [0.3, 0.4) is 0 Å². The van der Waals surface area contributed by atoms with Crippen LogP contribution in [0.4, 0.5) is 0 Å². The van der Waals surface area contributed by atoms with E-state index in [0.29, 0.717) is 23.9 Å². The summed E-state index contributed by atoms with van der Waals surface area (Å²) in [6.07, 6.45) is 13.2. The Morgan fingerprint density at radius 2 is 1.26 bits per heavy atom. The van der Waals surface area contributed by atoms with Gasteiger partial charge in [0, 0.05) is 17.5 Å². The predicted octanol–water partition coefficient (Wildman–Crippen LogP) is 6.16. The highest BCUT2D eigenvalue weighted by Crippen LogP contribution is 2.26. The summed E-state index contributed by atoms with van der Waals surface area (Å²) >= 11 is 0. The first-order valence-corrected chi connectivity index (χ1v) is 10.1. The van der Waals surface area contributed by atoms with Crippen LogP contribution in [0.15, 0.2) is 109 Å². The van der Waals surface area contributed by atoms with E-state index in [-0.39, 0.29) is 0 Å². The van der Waals surface area contributed by atoms with Crippen LogP contribution in [0.25, 0.3) is 33.9 Å². The van der Waals surface area contributed by atoms with E-state index in [4.69, 9.17) is 16.4 Å². The number of nitrogens with zero attached hydrogens (tertiary/aromatic N) is 3. The topological polar surface area (TPSA) is 38.7 Å². The zero-order chi connectivity index (χ0) is 21.3. The Labute approximate surface area is 182 Å². The Hall–Kier alpha value is -4.29. The lowest BCUT2D eigenvalue weighted by molar-refractivity contribution is 0.947. The van der Waals surface area contributed by atoms with Crippen LogP contribution in [-0.4, -0.2) is 15.0 Å².